The molecule has 1 heterocycles. The molecule has 1 aromatic heterocycles. The van der Waals surface area contributed by atoms with Crippen LogP contribution in [0.5, 0.6) is 0 Å². The Bertz CT molecular complexity index is 840. The maximum absolute atomic E-state index is 12.1. The maximum atomic E-state index is 12.1. The van der Waals surface area contributed by atoms with Gasteiger partial charge < -0.3 is 5.32 Å². The van der Waals surface area contributed by atoms with Crippen LogP contribution in [-0.4, -0.2) is 34.2 Å². The highest BCUT2D eigenvalue weighted by molar-refractivity contribution is 5.77. The van der Waals surface area contributed by atoms with Gasteiger partial charge in [-0.15, -0.1) is 0 Å². The van der Waals surface area contributed by atoms with Crippen molar-refractivity contribution in [2.24, 2.45) is 0 Å². The normalized spacial score (nSPS) is 10.9. The van der Waals surface area contributed by atoms with E-state index in [1.165, 1.54) is 5.56 Å². The van der Waals surface area contributed by atoms with Crippen LogP contribution in [0, 0.1) is 6.92 Å². The Labute approximate surface area is 154 Å². The maximum Gasteiger partial charge on any atom is 0.234 e. The fourth-order valence-corrected chi connectivity index (χ4v) is 2.74. The molecule has 26 heavy (non-hydrogen) atoms. The first-order chi connectivity index (χ1) is 12.6. The lowest BCUT2D eigenvalue weighted by Crippen LogP contribution is -2.34. The van der Waals surface area contributed by atoms with Crippen LogP contribution in [0.3, 0.4) is 0 Å². The molecule has 1 amide bonds. The van der Waals surface area contributed by atoms with Gasteiger partial charge in [0.2, 0.25) is 5.91 Å². The predicted octanol–water partition coefficient (Wildman–Crippen LogP) is 2.93. The Morgan fingerprint density at radius 2 is 1.81 bits per heavy atom. The minimum absolute atomic E-state index is 0.0172. The van der Waals surface area contributed by atoms with Crippen molar-refractivity contribution in [1.82, 2.24) is 20.0 Å². The summed E-state index contributed by atoms with van der Waals surface area (Å²) in [6.07, 6.45) is 3.84. The monoisotopic (exact) mass is 348 g/mol. The van der Waals surface area contributed by atoms with Crippen molar-refractivity contribution in [1.29, 1.82) is 0 Å². The smallest absolute Gasteiger partial charge is 0.234 e. The number of likely N-dealkylation sites (N-methyl/N-ethyl adjacent to an activating group) is 1. The van der Waals surface area contributed by atoms with Crippen molar-refractivity contribution in [3.05, 3.63) is 83.7 Å². The SMILES string of the molecule is Cc1ccc(CNC(=O)CN(C)Cc2cnn(-c3ccccc3)c2)cc1. The van der Waals surface area contributed by atoms with Crippen molar-refractivity contribution in [2.75, 3.05) is 13.6 Å². The molecule has 2 aromatic carbocycles. The number of carbonyl (C=O) groups is 1. The van der Waals surface area contributed by atoms with Gasteiger partial charge in [-0.2, -0.15) is 5.10 Å². The Kier molecular flexibility index (Phi) is 5.81. The van der Waals surface area contributed by atoms with E-state index in [0.717, 1.165) is 16.8 Å². The Morgan fingerprint density at radius 3 is 2.54 bits per heavy atom. The van der Waals surface area contributed by atoms with Crippen molar-refractivity contribution in [3.8, 4) is 5.69 Å². The Balaban J connectivity index is 1.47. The number of amides is 1. The molecule has 0 radical (unpaired) electrons. The molecule has 3 rings (SSSR count). The van der Waals surface area contributed by atoms with E-state index in [2.05, 4.69) is 29.5 Å². The van der Waals surface area contributed by atoms with E-state index in [-0.39, 0.29) is 5.91 Å². The van der Waals surface area contributed by atoms with Crippen molar-refractivity contribution >= 4 is 5.91 Å². The summed E-state index contributed by atoms with van der Waals surface area (Å²) < 4.78 is 1.85. The van der Waals surface area contributed by atoms with Gasteiger partial charge in [-0.1, -0.05) is 48.0 Å². The van der Waals surface area contributed by atoms with Crippen LogP contribution < -0.4 is 5.32 Å². The molecule has 5 nitrogen and oxygen atoms in total. The number of aromatic nitrogens is 2. The van der Waals surface area contributed by atoms with Crippen LogP contribution in [0.2, 0.25) is 0 Å². The minimum atomic E-state index is 0.0172. The standard InChI is InChI=1S/C21H24N4O/c1-17-8-10-18(11-9-17)12-22-21(26)16-24(2)14-19-13-23-25(15-19)20-6-4-3-5-7-20/h3-11,13,15H,12,14,16H2,1-2H3,(H,22,26). The van der Waals surface area contributed by atoms with Gasteiger partial charge in [0.1, 0.15) is 0 Å². The molecule has 0 saturated carbocycles. The Morgan fingerprint density at radius 1 is 1.08 bits per heavy atom. The van der Waals surface area contributed by atoms with Crippen LogP contribution in [0.4, 0.5) is 0 Å². The molecule has 0 atom stereocenters. The number of para-hydroxylation sites is 1. The third kappa shape index (κ3) is 5.04. The molecule has 3 aromatic rings. The Hall–Kier alpha value is -2.92. The van der Waals surface area contributed by atoms with Crippen LogP contribution in [0.25, 0.3) is 5.69 Å². The summed E-state index contributed by atoms with van der Waals surface area (Å²) in [6.45, 7) is 3.63. The van der Waals surface area contributed by atoms with E-state index in [1.54, 1.807) is 0 Å². The second kappa shape index (κ2) is 8.45. The lowest BCUT2D eigenvalue weighted by molar-refractivity contribution is -0.122. The van der Waals surface area contributed by atoms with Gasteiger partial charge >= 0.3 is 0 Å². The number of nitrogens with one attached hydrogen (secondary N) is 1. The number of rotatable bonds is 7. The quantitative estimate of drug-likeness (QED) is 0.714. The number of hydrogen-bond acceptors (Lipinski definition) is 3. The van der Waals surface area contributed by atoms with Crippen molar-refractivity contribution in [2.45, 2.75) is 20.0 Å². The van der Waals surface area contributed by atoms with Crippen molar-refractivity contribution < 1.29 is 4.79 Å². The van der Waals surface area contributed by atoms with E-state index in [0.29, 0.717) is 19.6 Å². The molecule has 134 valence electrons. The van der Waals surface area contributed by atoms with E-state index < -0.39 is 0 Å². The van der Waals surface area contributed by atoms with Crippen LogP contribution in [0.1, 0.15) is 16.7 Å². The zero-order valence-corrected chi connectivity index (χ0v) is 15.2. The third-order valence-corrected chi connectivity index (χ3v) is 4.13. The molecule has 0 aliphatic rings. The van der Waals surface area contributed by atoms with Crippen LogP contribution in [-0.2, 0) is 17.9 Å². The van der Waals surface area contributed by atoms with E-state index in [9.17, 15) is 4.79 Å². The first-order valence-electron chi connectivity index (χ1n) is 8.70. The largest absolute Gasteiger partial charge is 0.351 e. The molecule has 0 aliphatic carbocycles. The van der Waals surface area contributed by atoms with E-state index >= 15 is 0 Å². The van der Waals surface area contributed by atoms with Crippen LogP contribution >= 0.6 is 0 Å². The highest BCUT2D eigenvalue weighted by Crippen LogP contribution is 2.09. The zero-order chi connectivity index (χ0) is 18.4. The van der Waals surface area contributed by atoms with Crippen molar-refractivity contribution in [3.63, 3.8) is 0 Å². The van der Waals surface area contributed by atoms with Gasteiger partial charge in [-0.25, -0.2) is 4.68 Å². The highest BCUT2D eigenvalue weighted by Gasteiger charge is 2.09. The minimum Gasteiger partial charge on any atom is -0.351 e. The summed E-state index contributed by atoms with van der Waals surface area (Å²) in [4.78, 5) is 14.1. The van der Waals surface area contributed by atoms with Gasteiger partial charge in [0.05, 0.1) is 18.4 Å². The molecule has 5 heteroatoms. The molecule has 1 N–H and O–H groups in total. The molecule has 0 saturated heterocycles. The van der Waals surface area contributed by atoms with E-state index in [1.807, 2.05) is 71.5 Å². The summed E-state index contributed by atoms with van der Waals surface area (Å²) in [5.41, 5.74) is 4.42. The topological polar surface area (TPSA) is 50.2 Å². The summed E-state index contributed by atoms with van der Waals surface area (Å²) in [6, 6.07) is 18.2. The summed E-state index contributed by atoms with van der Waals surface area (Å²) in [7, 11) is 1.94. The molecular weight excluding hydrogens is 324 g/mol. The highest BCUT2D eigenvalue weighted by atomic mass is 16.2. The fraction of sp³-hybridized carbons (Fsp3) is 0.238. The molecule has 0 fully saturated rings. The van der Waals surface area contributed by atoms with Gasteiger partial charge in [-0.05, 0) is 31.7 Å². The number of benzene rings is 2. The lowest BCUT2D eigenvalue weighted by atomic mass is 10.1. The van der Waals surface area contributed by atoms with Gasteiger partial charge in [0, 0.05) is 24.8 Å². The number of nitrogens with zero attached hydrogens (tertiary/aromatic N) is 3. The average Bonchev–Trinajstić information content (AvgIpc) is 3.10. The molecule has 0 aliphatic heterocycles. The number of aryl methyl sites for hydroxylation is 1. The van der Waals surface area contributed by atoms with Gasteiger partial charge in [0.25, 0.3) is 0 Å². The molecule has 0 bridgehead atoms. The van der Waals surface area contributed by atoms with Gasteiger partial charge in [-0.3, -0.25) is 9.69 Å². The molecular formula is C21H24N4O. The predicted molar refractivity (Wildman–Crippen MR) is 103 cm³/mol. The second-order valence-corrected chi connectivity index (χ2v) is 6.56. The fourth-order valence-electron chi connectivity index (χ4n) is 2.74. The van der Waals surface area contributed by atoms with Crippen LogP contribution in [0.15, 0.2) is 67.0 Å². The van der Waals surface area contributed by atoms with Gasteiger partial charge in [0.15, 0.2) is 0 Å². The summed E-state index contributed by atoms with van der Waals surface area (Å²) in [5.74, 6) is 0.0172. The zero-order valence-electron chi connectivity index (χ0n) is 15.2. The lowest BCUT2D eigenvalue weighted by Gasteiger charge is -2.15. The second-order valence-electron chi connectivity index (χ2n) is 6.56. The van der Waals surface area contributed by atoms with E-state index in [4.69, 9.17) is 0 Å². The number of carbonyl (C=O) groups excluding carboxylic acids is 1. The molecule has 0 spiro atoms. The molecule has 0 unspecified atom stereocenters. The number of hydrogen-bond donors (Lipinski definition) is 1. The first-order valence-corrected chi connectivity index (χ1v) is 8.70. The summed E-state index contributed by atoms with van der Waals surface area (Å²) >= 11 is 0. The summed E-state index contributed by atoms with van der Waals surface area (Å²) in [5, 5.41) is 7.36. The first kappa shape index (κ1) is 17.9. The third-order valence-electron chi connectivity index (χ3n) is 4.13. The average molecular weight is 348 g/mol.